The van der Waals surface area contributed by atoms with Gasteiger partial charge in [-0.25, -0.2) is 4.98 Å². The van der Waals surface area contributed by atoms with E-state index in [4.69, 9.17) is 4.98 Å². The van der Waals surface area contributed by atoms with E-state index in [9.17, 15) is 0 Å². The molecule has 5 aromatic rings. The summed E-state index contributed by atoms with van der Waals surface area (Å²) in [6.07, 6.45) is 6.21. The Hall–Kier alpha value is -3.94. The summed E-state index contributed by atoms with van der Waals surface area (Å²) in [7, 11) is 0. The Balaban J connectivity index is 1.51. The van der Waals surface area contributed by atoms with Crippen molar-refractivity contribution in [2.24, 2.45) is 0 Å². The Kier molecular flexibility index (Phi) is 5.56. The molecule has 0 aliphatic heterocycles. The van der Waals surface area contributed by atoms with Gasteiger partial charge in [0.05, 0.1) is 23.4 Å². The van der Waals surface area contributed by atoms with E-state index in [1.54, 1.807) is 0 Å². The largest absolute Gasteiger partial charge is 0.322 e. The molecule has 8 heteroatoms. The first-order valence-corrected chi connectivity index (χ1v) is 12.3. The maximum Gasteiger partial charge on any atom is 0.205 e. The van der Waals surface area contributed by atoms with Crippen molar-refractivity contribution in [1.29, 1.82) is 0 Å². The second-order valence-corrected chi connectivity index (χ2v) is 9.40. The second kappa shape index (κ2) is 9.02. The fraction of sp³-hybridized carbons (Fsp3) is 0.333. The van der Waals surface area contributed by atoms with Crippen LogP contribution in [0.5, 0.6) is 0 Å². The number of benzene rings is 2. The molecule has 8 nitrogen and oxygen atoms in total. The molecule has 0 radical (unpaired) electrons. The van der Waals surface area contributed by atoms with E-state index < -0.39 is 0 Å². The number of nitrogens with zero attached hydrogens (tertiary/aromatic N) is 7. The van der Waals surface area contributed by atoms with Crippen molar-refractivity contribution in [3.63, 3.8) is 0 Å². The van der Waals surface area contributed by atoms with Gasteiger partial charge in [0.25, 0.3) is 0 Å². The van der Waals surface area contributed by atoms with Gasteiger partial charge in [0.1, 0.15) is 11.3 Å². The van der Waals surface area contributed by atoms with Crippen molar-refractivity contribution >= 4 is 11.0 Å². The lowest BCUT2D eigenvalue weighted by Crippen LogP contribution is -2.14. The van der Waals surface area contributed by atoms with Crippen LogP contribution in [0, 0.1) is 13.8 Å². The molecule has 3 heterocycles. The molecule has 1 fully saturated rings. The second-order valence-electron chi connectivity index (χ2n) is 9.40. The van der Waals surface area contributed by atoms with Crippen molar-refractivity contribution in [1.82, 2.24) is 40.4 Å². The highest BCUT2D eigenvalue weighted by Gasteiger charge is 2.25. The van der Waals surface area contributed by atoms with Gasteiger partial charge in [0.15, 0.2) is 0 Å². The van der Waals surface area contributed by atoms with Gasteiger partial charge in [-0.1, -0.05) is 67.8 Å². The summed E-state index contributed by atoms with van der Waals surface area (Å²) in [5.41, 5.74) is 8.29. The van der Waals surface area contributed by atoms with Gasteiger partial charge >= 0.3 is 0 Å². The lowest BCUT2D eigenvalue weighted by molar-refractivity contribution is 0.420. The first-order chi connectivity index (χ1) is 17.2. The third-order valence-corrected chi connectivity index (χ3v) is 7.15. The van der Waals surface area contributed by atoms with Crippen molar-refractivity contribution in [3.05, 3.63) is 71.3 Å². The van der Waals surface area contributed by atoms with Gasteiger partial charge < -0.3 is 4.57 Å². The van der Waals surface area contributed by atoms with Crippen LogP contribution in [0.25, 0.3) is 33.5 Å². The molecule has 1 saturated carbocycles. The molecule has 35 heavy (non-hydrogen) atoms. The number of H-pyrrole nitrogens is 1. The monoisotopic (exact) mass is 464 g/mol. The fourth-order valence-electron chi connectivity index (χ4n) is 5.45. The van der Waals surface area contributed by atoms with Crippen LogP contribution in [-0.4, -0.2) is 40.4 Å². The number of aryl methyl sites for hydroxylation is 2. The van der Waals surface area contributed by atoms with Crippen LogP contribution >= 0.6 is 0 Å². The molecular formula is C27H28N8. The molecule has 1 aliphatic rings. The van der Waals surface area contributed by atoms with Gasteiger partial charge in [-0.05, 0) is 48.6 Å². The zero-order valence-corrected chi connectivity index (χ0v) is 20.1. The molecule has 0 atom stereocenters. The van der Waals surface area contributed by atoms with Gasteiger partial charge in [-0.2, -0.15) is 15.4 Å². The Morgan fingerprint density at radius 2 is 1.54 bits per heavy atom. The molecule has 0 spiro atoms. The van der Waals surface area contributed by atoms with Gasteiger partial charge in [0.2, 0.25) is 5.82 Å². The number of rotatable bonds is 5. The summed E-state index contributed by atoms with van der Waals surface area (Å²) < 4.78 is 2.40. The molecule has 0 bridgehead atoms. The first kappa shape index (κ1) is 21.6. The maximum atomic E-state index is 5.18. The molecule has 0 amide bonds. The van der Waals surface area contributed by atoms with Gasteiger partial charge in [0, 0.05) is 11.5 Å². The summed E-state index contributed by atoms with van der Waals surface area (Å²) in [6.45, 7) is 4.76. The van der Waals surface area contributed by atoms with E-state index in [0.29, 0.717) is 18.3 Å². The number of aromatic nitrogens is 8. The van der Waals surface area contributed by atoms with E-state index in [2.05, 4.69) is 71.8 Å². The summed E-state index contributed by atoms with van der Waals surface area (Å²) in [6, 6.07) is 16.8. The molecule has 0 saturated heterocycles. The number of hydrogen-bond donors (Lipinski definition) is 1. The Labute approximate surface area is 203 Å². The highest BCUT2D eigenvalue weighted by atomic mass is 15.5. The molecule has 0 unspecified atom stereocenters. The maximum absolute atomic E-state index is 5.18. The highest BCUT2D eigenvalue weighted by molar-refractivity contribution is 5.83. The quantitative estimate of drug-likeness (QED) is 0.375. The molecule has 1 aliphatic carbocycles. The van der Waals surface area contributed by atoms with Crippen molar-refractivity contribution < 1.29 is 0 Å². The summed E-state index contributed by atoms with van der Waals surface area (Å²) in [5.74, 6) is 2.23. The molecule has 176 valence electrons. The predicted octanol–water partition coefficient (Wildman–Crippen LogP) is 5.39. The number of tetrazole rings is 1. The fourth-order valence-corrected chi connectivity index (χ4v) is 5.45. The topological polar surface area (TPSA) is 98.1 Å². The van der Waals surface area contributed by atoms with E-state index >= 15 is 0 Å². The molecule has 1 N–H and O–H groups in total. The van der Waals surface area contributed by atoms with Crippen molar-refractivity contribution in [2.45, 2.75) is 58.4 Å². The van der Waals surface area contributed by atoms with E-state index in [0.717, 1.165) is 39.1 Å². The Bertz CT molecular complexity index is 1480. The van der Waals surface area contributed by atoms with Crippen LogP contribution in [0.15, 0.2) is 48.5 Å². The number of hydrogen-bond acceptors (Lipinski definition) is 6. The minimum Gasteiger partial charge on any atom is -0.322 e. The number of aromatic amines is 1. The predicted molar refractivity (Wildman–Crippen MR) is 135 cm³/mol. The standard InChI is InChI=1S/C27H28N8/c1-17-24-25(18(2)30-29-17)35(27(28-24)19-10-4-3-5-11-19)16-20-12-6-7-13-21(20)22-14-8-9-15-23(22)26-31-33-34-32-26/h6-9,12-15,19H,3-5,10-11,16H2,1-2H3,(H,31,32,33,34). The van der Waals surface area contributed by atoms with Gasteiger partial charge in [-0.15, -0.1) is 10.2 Å². The highest BCUT2D eigenvalue weighted by Crippen LogP contribution is 2.37. The molecule has 6 rings (SSSR count). The zero-order valence-electron chi connectivity index (χ0n) is 20.1. The van der Waals surface area contributed by atoms with Crippen molar-refractivity contribution in [3.8, 4) is 22.5 Å². The minimum atomic E-state index is 0.466. The normalized spacial score (nSPS) is 14.6. The number of imidazole rings is 1. The van der Waals surface area contributed by atoms with Crippen LogP contribution in [0.2, 0.25) is 0 Å². The molecular weight excluding hydrogens is 436 g/mol. The summed E-state index contributed by atoms with van der Waals surface area (Å²) >= 11 is 0. The average Bonchev–Trinajstić information content (AvgIpc) is 3.57. The van der Waals surface area contributed by atoms with Crippen LogP contribution in [0.1, 0.15) is 60.8 Å². The van der Waals surface area contributed by atoms with Crippen LogP contribution in [-0.2, 0) is 6.54 Å². The first-order valence-electron chi connectivity index (χ1n) is 12.3. The minimum absolute atomic E-state index is 0.466. The SMILES string of the molecule is Cc1nnc(C)c2c1nc(C1CCCCC1)n2Cc1ccccc1-c1ccccc1-c1nn[nH]n1. The van der Waals surface area contributed by atoms with Crippen molar-refractivity contribution in [2.75, 3.05) is 0 Å². The van der Waals surface area contributed by atoms with Crippen LogP contribution in [0.3, 0.4) is 0 Å². The Morgan fingerprint density at radius 3 is 2.31 bits per heavy atom. The van der Waals surface area contributed by atoms with E-state index in [1.165, 1.54) is 43.5 Å². The smallest absolute Gasteiger partial charge is 0.205 e. The zero-order chi connectivity index (χ0) is 23.8. The lowest BCUT2D eigenvalue weighted by atomic mass is 9.88. The number of fused-ring (bicyclic) bond motifs is 1. The Morgan fingerprint density at radius 1 is 0.829 bits per heavy atom. The lowest BCUT2D eigenvalue weighted by Gasteiger charge is -2.23. The molecule has 3 aromatic heterocycles. The van der Waals surface area contributed by atoms with E-state index in [1.807, 2.05) is 26.0 Å². The van der Waals surface area contributed by atoms with Crippen LogP contribution in [0.4, 0.5) is 0 Å². The van der Waals surface area contributed by atoms with Crippen LogP contribution < -0.4 is 0 Å². The third-order valence-electron chi connectivity index (χ3n) is 7.15. The van der Waals surface area contributed by atoms with Gasteiger partial charge in [-0.3, -0.25) is 0 Å². The van der Waals surface area contributed by atoms with E-state index in [-0.39, 0.29) is 0 Å². The molecule has 2 aromatic carbocycles. The average molecular weight is 465 g/mol. The third kappa shape index (κ3) is 3.88. The summed E-state index contributed by atoms with van der Waals surface area (Å²) in [5, 5.41) is 23.7. The summed E-state index contributed by atoms with van der Waals surface area (Å²) in [4.78, 5) is 5.18. The number of nitrogens with one attached hydrogen (secondary N) is 1.